The average Bonchev–Trinajstić information content (AvgIpc) is 2.56. The normalized spacial score (nSPS) is 18.7. The quantitative estimate of drug-likeness (QED) is 0.128. The van der Waals surface area contributed by atoms with Crippen molar-refractivity contribution in [2.75, 3.05) is 7.11 Å². The van der Waals surface area contributed by atoms with E-state index in [1.54, 1.807) is 5.32 Å². The molecular formula is C14H20N2O10S. The summed E-state index contributed by atoms with van der Waals surface area (Å²) in [7, 11) is 0.732. The molecule has 0 bridgehead atoms. The van der Waals surface area contributed by atoms with Gasteiger partial charge in [0.25, 0.3) is 5.91 Å². The number of methoxy groups -OCH3 is 1. The van der Waals surface area contributed by atoms with E-state index in [1.807, 2.05) is 0 Å². The summed E-state index contributed by atoms with van der Waals surface area (Å²) in [4.78, 5) is 60.3. The van der Waals surface area contributed by atoms with Crippen LogP contribution in [0.1, 0.15) is 20.8 Å². The lowest BCUT2D eigenvalue weighted by Gasteiger charge is -2.48. The van der Waals surface area contributed by atoms with Crippen LogP contribution in [-0.4, -0.2) is 84.8 Å². The molecule has 0 heterocycles. The van der Waals surface area contributed by atoms with Crippen molar-refractivity contribution in [3.63, 3.8) is 0 Å². The first-order valence-electron chi connectivity index (χ1n) is 7.13. The smallest absolute Gasteiger partial charge is 0.338 e. The molecule has 0 aliphatic heterocycles. The van der Waals surface area contributed by atoms with Crippen molar-refractivity contribution in [2.45, 2.75) is 43.7 Å². The van der Waals surface area contributed by atoms with Crippen LogP contribution in [0.4, 0.5) is 0 Å². The van der Waals surface area contributed by atoms with Gasteiger partial charge < -0.3 is 36.2 Å². The summed E-state index contributed by atoms with van der Waals surface area (Å²) < 4.78 is 4.15. The molecule has 0 spiro atoms. The lowest BCUT2D eigenvalue weighted by Crippen LogP contribution is -2.83. The first-order chi connectivity index (χ1) is 12.1. The van der Waals surface area contributed by atoms with Crippen LogP contribution in [0.25, 0.3) is 0 Å². The van der Waals surface area contributed by atoms with Gasteiger partial charge in [-0.15, -0.1) is 0 Å². The van der Waals surface area contributed by atoms with Crippen LogP contribution in [-0.2, 0) is 28.7 Å². The molecule has 0 aliphatic rings. The van der Waals surface area contributed by atoms with E-state index in [1.165, 1.54) is 0 Å². The number of thiocarbonyl (C=S) groups is 1. The van der Waals surface area contributed by atoms with Crippen LogP contribution >= 0.6 is 12.2 Å². The number of hydrogen-bond acceptors (Lipinski definition) is 11. The van der Waals surface area contributed by atoms with E-state index in [0.29, 0.717) is 20.8 Å². The lowest BCUT2D eigenvalue weighted by atomic mass is 9.62. The van der Waals surface area contributed by atoms with Crippen molar-refractivity contribution in [1.82, 2.24) is 5.32 Å². The van der Waals surface area contributed by atoms with Gasteiger partial charge in [-0.3, -0.25) is 19.2 Å². The number of Topliss-reactive ketones (excluding diaryl/α,β-unsaturated/α-hetero) is 3. The summed E-state index contributed by atoms with van der Waals surface area (Å²) in [5.74, 6) is -8.63. The maximum absolute atomic E-state index is 12.3. The van der Waals surface area contributed by atoms with Crippen molar-refractivity contribution in [1.29, 1.82) is 0 Å². The van der Waals surface area contributed by atoms with Gasteiger partial charge in [0.05, 0.1) is 7.11 Å². The summed E-state index contributed by atoms with van der Waals surface area (Å²) in [5, 5.41) is 43.0. The van der Waals surface area contributed by atoms with Crippen molar-refractivity contribution in [3.05, 3.63) is 0 Å². The van der Waals surface area contributed by atoms with Crippen LogP contribution in [0.5, 0.6) is 0 Å². The number of amides is 1. The molecular weight excluding hydrogens is 388 g/mol. The Bertz CT molecular complexity index is 710. The van der Waals surface area contributed by atoms with Gasteiger partial charge in [0.1, 0.15) is 0 Å². The fraction of sp³-hybridized carbons (Fsp3) is 0.571. The van der Waals surface area contributed by atoms with Gasteiger partial charge in [-0.2, -0.15) is 0 Å². The largest absolute Gasteiger partial charge is 0.467 e. The first-order valence-corrected chi connectivity index (χ1v) is 7.54. The number of esters is 1. The molecule has 152 valence electrons. The van der Waals surface area contributed by atoms with Gasteiger partial charge in [0.2, 0.25) is 11.2 Å². The number of aliphatic hydroxyl groups is 4. The van der Waals surface area contributed by atoms with E-state index in [0.717, 1.165) is 7.11 Å². The number of aliphatic hydroxyl groups excluding tert-OH is 1. The number of nitrogens with two attached hydrogens (primary N) is 1. The monoisotopic (exact) mass is 408 g/mol. The predicted molar refractivity (Wildman–Crippen MR) is 89.8 cm³/mol. The standard InChI is InChI=1S/C14H20N2O10S/c1-5(17)12(23,8(20)9(21)26-4)14(25,7(3)19)13(24,6(2)18)10(22)16-11(15)27/h8,20,23-25H,1-4H3,(H3,15,16,22,27)/t8-,12-,13+,14+/m1/s1. The minimum Gasteiger partial charge on any atom is -0.467 e. The fourth-order valence-corrected chi connectivity index (χ4v) is 2.60. The second-order valence-electron chi connectivity index (χ2n) is 5.60. The fourth-order valence-electron chi connectivity index (χ4n) is 2.51. The maximum atomic E-state index is 12.3. The molecule has 0 unspecified atom stereocenters. The third kappa shape index (κ3) is 3.59. The molecule has 27 heavy (non-hydrogen) atoms. The van der Waals surface area contributed by atoms with Crippen LogP contribution in [0.2, 0.25) is 0 Å². The molecule has 0 aromatic rings. The average molecular weight is 408 g/mol. The molecule has 0 aromatic heterocycles. The number of carbonyl (C=O) groups excluding carboxylic acids is 5. The Hall–Kier alpha value is -2.32. The second-order valence-corrected chi connectivity index (χ2v) is 6.04. The molecule has 4 atom stereocenters. The van der Waals surface area contributed by atoms with E-state index in [4.69, 9.17) is 5.73 Å². The number of carbonyl (C=O) groups is 5. The third-order valence-electron chi connectivity index (χ3n) is 4.02. The highest BCUT2D eigenvalue weighted by Crippen LogP contribution is 2.39. The number of rotatable bonds is 8. The van der Waals surface area contributed by atoms with E-state index < -0.39 is 57.2 Å². The van der Waals surface area contributed by atoms with E-state index in [2.05, 4.69) is 17.0 Å². The summed E-state index contributed by atoms with van der Waals surface area (Å²) in [6, 6.07) is 0. The maximum Gasteiger partial charge on any atom is 0.338 e. The van der Waals surface area contributed by atoms with Crippen LogP contribution < -0.4 is 11.1 Å². The molecule has 12 nitrogen and oxygen atoms in total. The Morgan fingerprint density at radius 1 is 1.00 bits per heavy atom. The van der Waals surface area contributed by atoms with Gasteiger partial charge in [-0.25, -0.2) is 4.79 Å². The van der Waals surface area contributed by atoms with Gasteiger partial charge in [-0.1, -0.05) is 0 Å². The van der Waals surface area contributed by atoms with Gasteiger partial charge in [0.15, 0.2) is 34.2 Å². The van der Waals surface area contributed by atoms with E-state index in [9.17, 15) is 44.4 Å². The van der Waals surface area contributed by atoms with Gasteiger partial charge in [0, 0.05) is 0 Å². The van der Waals surface area contributed by atoms with Gasteiger partial charge >= 0.3 is 5.97 Å². The predicted octanol–water partition coefficient (Wildman–Crippen LogP) is -4.16. The van der Waals surface area contributed by atoms with Crippen molar-refractivity contribution in [3.8, 4) is 0 Å². The molecule has 0 aliphatic carbocycles. The first kappa shape index (κ1) is 24.7. The molecule has 0 radical (unpaired) electrons. The number of ketones is 3. The Labute approximate surface area is 158 Å². The van der Waals surface area contributed by atoms with Crippen LogP contribution in [0.15, 0.2) is 0 Å². The second kappa shape index (κ2) is 8.14. The Balaban J connectivity index is 7.14. The molecule has 0 fully saturated rings. The minimum atomic E-state index is -4.04. The zero-order valence-electron chi connectivity index (χ0n) is 14.8. The van der Waals surface area contributed by atoms with Crippen LogP contribution in [0.3, 0.4) is 0 Å². The third-order valence-corrected chi connectivity index (χ3v) is 4.12. The Morgan fingerprint density at radius 2 is 1.44 bits per heavy atom. The summed E-state index contributed by atoms with van der Waals surface area (Å²) in [6.45, 7) is 1.53. The summed E-state index contributed by atoms with van der Waals surface area (Å²) in [5.41, 5.74) is -6.74. The Kier molecular flexibility index (Phi) is 7.44. The molecule has 13 heteroatoms. The van der Waals surface area contributed by atoms with Crippen molar-refractivity contribution in [2.24, 2.45) is 5.73 Å². The molecule has 1 amide bonds. The Morgan fingerprint density at radius 3 is 1.70 bits per heavy atom. The zero-order chi connectivity index (χ0) is 22.0. The highest BCUT2D eigenvalue weighted by molar-refractivity contribution is 7.80. The van der Waals surface area contributed by atoms with Crippen molar-refractivity contribution >= 4 is 46.6 Å². The molecule has 0 saturated heterocycles. The molecule has 0 aromatic carbocycles. The lowest BCUT2D eigenvalue weighted by molar-refractivity contribution is -0.245. The van der Waals surface area contributed by atoms with Gasteiger partial charge in [-0.05, 0) is 33.0 Å². The SMILES string of the molecule is COC(=O)[C@@H](O)[C@](O)(C(C)=O)[C@@](O)(C(C)=O)[C@](O)(C(C)=O)C(=O)NC(N)=S. The van der Waals surface area contributed by atoms with E-state index in [-0.39, 0.29) is 0 Å². The minimum absolute atomic E-state index is 0.486. The highest BCUT2D eigenvalue weighted by Gasteiger charge is 2.75. The molecule has 7 N–H and O–H groups in total. The number of ether oxygens (including phenoxy) is 1. The topological polar surface area (TPSA) is 214 Å². The number of hydrogen-bond donors (Lipinski definition) is 6. The van der Waals surface area contributed by atoms with E-state index >= 15 is 0 Å². The van der Waals surface area contributed by atoms with Crippen LogP contribution in [0, 0.1) is 0 Å². The zero-order valence-corrected chi connectivity index (χ0v) is 15.6. The molecule has 0 rings (SSSR count). The molecule has 0 saturated carbocycles. The van der Waals surface area contributed by atoms with Crippen molar-refractivity contribution < 1.29 is 49.1 Å². The summed E-state index contributed by atoms with van der Waals surface area (Å²) in [6.07, 6.45) is -2.97. The number of nitrogens with one attached hydrogen (secondary N) is 1. The summed E-state index contributed by atoms with van der Waals surface area (Å²) >= 11 is 4.38. The highest BCUT2D eigenvalue weighted by atomic mass is 32.1.